The number of anilines is 1. The highest BCUT2D eigenvalue weighted by atomic mass is 16.2. The van der Waals surface area contributed by atoms with Crippen LogP contribution in [-0.4, -0.2) is 37.0 Å². The fourth-order valence-electron chi connectivity index (χ4n) is 3.16. The molecule has 1 aromatic carbocycles. The molecule has 1 atom stereocenters. The molecule has 0 aromatic heterocycles. The molecule has 0 radical (unpaired) electrons. The molecule has 2 aliphatic rings. The molecule has 1 aromatic rings. The van der Waals surface area contributed by atoms with Crippen molar-refractivity contribution in [1.82, 2.24) is 4.90 Å². The summed E-state index contributed by atoms with van der Waals surface area (Å²) in [4.78, 5) is 16.6. The van der Waals surface area contributed by atoms with E-state index in [1.54, 1.807) is 0 Å². The first-order chi connectivity index (χ1) is 9.66. The summed E-state index contributed by atoms with van der Waals surface area (Å²) in [6.07, 6.45) is 4.72. The first-order valence-electron chi connectivity index (χ1n) is 7.76. The van der Waals surface area contributed by atoms with Crippen LogP contribution in [-0.2, 0) is 4.79 Å². The number of carbonyl (C=O) groups excluding carboxylic acids is 1. The van der Waals surface area contributed by atoms with E-state index in [1.165, 1.54) is 30.5 Å². The van der Waals surface area contributed by atoms with Gasteiger partial charge in [-0.15, -0.1) is 0 Å². The second-order valence-electron chi connectivity index (χ2n) is 6.26. The van der Waals surface area contributed by atoms with Crippen molar-refractivity contribution in [3.05, 3.63) is 29.8 Å². The molecule has 1 heterocycles. The maximum Gasteiger partial charge on any atom is 0.242 e. The van der Waals surface area contributed by atoms with E-state index in [0.717, 1.165) is 13.0 Å². The van der Waals surface area contributed by atoms with Crippen LogP contribution in [0.2, 0.25) is 0 Å². The van der Waals surface area contributed by atoms with Crippen molar-refractivity contribution >= 4 is 11.6 Å². The van der Waals surface area contributed by atoms with Crippen LogP contribution in [0.15, 0.2) is 24.3 Å². The van der Waals surface area contributed by atoms with Crippen molar-refractivity contribution in [2.75, 3.05) is 25.0 Å². The van der Waals surface area contributed by atoms with Crippen LogP contribution in [0.3, 0.4) is 0 Å². The number of amides is 1. The molecular weight excluding hydrogens is 248 g/mol. The molecule has 0 bridgehead atoms. The second kappa shape index (κ2) is 5.47. The van der Waals surface area contributed by atoms with Gasteiger partial charge in [-0.25, -0.2) is 0 Å². The Morgan fingerprint density at radius 1 is 1.30 bits per heavy atom. The molecule has 1 fully saturated rings. The Labute approximate surface area is 121 Å². The molecule has 1 amide bonds. The average molecular weight is 272 g/mol. The standard InChI is InChI=1S/C17H24N2O/c1-13-6-5-11-19(16-8-4-3-7-15(13)16)12-17(20)18(2)14-9-10-14/h3-4,7-8,13-14H,5-6,9-12H2,1-2H3/t13-/m1/s1. The number of para-hydroxylation sites is 1. The summed E-state index contributed by atoms with van der Waals surface area (Å²) >= 11 is 0. The number of nitrogens with zero attached hydrogens (tertiary/aromatic N) is 2. The molecule has 1 aliphatic carbocycles. The van der Waals surface area contributed by atoms with Gasteiger partial charge in [-0.3, -0.25) is 4.79 Å². The van der Waals surface area contributed by atoms with Gasteiger partial charge in [0.25, 0.3) is 0 Å². The highest BCUT2D eigenvalue weighted by Crippen LogP contribution is 2.34. The number of likely N-dealkylation sites (N-methyl/N-ethyl adjacent to an activating group) is 1. The Balaban J connectivity index is 1.78. The van der Waals surface area contributed by atoms with E-state index in [-0.39, 0.29) is 5.91 Å². The Kier molecular flexibility index (Phi) is 3.68. The van der Waals surface area contributed by atoms with Gasteiger partial charge >= 0.3 is 0 Å². The third-order valence-electron chi connectivity index (χ3n) is 4.69. The minimum atomic E-state index is 0.261. The van der Waals surface area contributed by atoms with Crippen molar-refractivity contribution in [3.63, 3.8) is 0 Å². The first kappa shape index (κ1) is 13.5. The molecule has 3 nitrogen and oxygen atoms in total. The molecule has 0 N–H and O–H groups in total. The molecule has 108 valence electrons. The van der Waals surface area contributed by atoms with Crippen LogP contribution in [0, 0.1) is 0 Å². The summed E-state index contributed by atoms with van der Waals surface area (Å²) in [5, 5.41) is 0. The summed E-state index contributed by atoms with van der Waals surface area (Å²) < 4.78 is 0. The Morgan fingerprint density at radius 3 is 2.80 bits per heavy atom. The van der Waals surface area contributed by atoms with E-state index in [9.17, 15) is 4.79 Å². The zero-order valence-corrected chi connectivity index (χ0v) is 12.5. The SMILES string of the molecule is C[C@@H]1CCCN(CC(=O)N(C)C2CC2)c2ccccc21. The third-order valence-corrected chi connectivity index (χ3v) is 4.69. The molecule has 0 unspecified atom stereocenters. The van der Waals surface area contributed by atoms with Crippen LogP contribution in [0.25, 0.3) is 0 Å². The van der Waals surface area contributed by atoms with Crippen LogP contribution in [0.1, 0.15) is 44.1 Å². The van der Waals surface area contributed by atoms with E-state index in [2.05, 4.69) is 36.1 Å². The highest BCUT2D eigenvalue weighted by Gasteiger charge is 2.31. The lowest BCUT2D eigenvalue weighted by Crippen LogP contribution is -2.39. The maximum atomic E-state index is 12.4. The molecular formula is C17H24N2O. The van der Waals surface area contributed by atoms with Crippen molar-refractivity contribution in [1.29, 1.82) is 0 Å². The average Bonchev–Trinajstić information content (AvgIpc) is 3.29. The predicted molar refractivity (Wildman–Crippen MR) is 82.1 cm³/mol. The van der Waals surface area contributed by atoms with Crippen LogP contribution in [0.4, 0.5) is 5.69 Å². The number of hydrogen-bond acceptors (Lipinski definition) is 2. The number of fused-ring (bicyclic) bond motifs is 1. The predicted octanol–water partition coefficient (Wildman–Crippen LogP) is 3.01. The number of benzene rings is 1. The van der Waals surface area contributed by atoms with Crippen LogP contribution < -0.4 is 4.90 Å². The lowest BCUT2D eigenvalue weighted by Gasteiger charge is -2.27. The first-order valence-corrected chi connectivity index (χ1v) is 7.76. The fraction of sp³-hybridized carbons (Fsp3) is 0.588. The number of hydrogen-bond donors (Lipinski definition) is 0. The monoisotopic (exact) mass is 272 g/mol. The lowest BCUT2D eigenvalue weighted by molar-refractivity contribution is -0.128. The lowest BCUT2D eigenvalue weighted by atomic mass is 9.96. The van der Waals surface area contributed by atoms with E-state index < -0.39 is 0 Å². The normalized spacial score (nSPS) is 22.1. The molecule has 0 spiro atoms. The molecule has 20 heavy (non-hydrogen) atoms. The Morgan fingerprint density at radius 2 is 2.05 bits per heavy atom. The zero-order valence-electron chi connectivity index (χ0n) is 12.5. The molecule has 3 heteroatoms. The molecule has 1 aliphatic heterocycles. The summed E-state index contributed by atoms with van der Waals surface area (Å²) in [6, 6.07) is 9.08. The van der Waals surface area contributed by atoms with Crippen molar-refractivity contribution in [3.8, 4) is 0 Å². The van der Waals surface area contributed by atoms with Crippen LogP contribution >= 0.6 is 0 Å². The Bertz CT molecular complexity index is 496. The topological polar surface area (TPSA) is 23.6 Å². The third kappa shape index (κ3) is 2.67. The van der Waals surface area contributed by atoms with Crippen molar-refractivity contribution in [2.24, 2.45) is 0 Å². The highest BCUT2D eigenvalue weighted by molar-refractivity contribution is 5.82. The van der Waals surface area contributed by atoms with E-state index in [1.807, 2.05) is 11.9 Å². The van der Waals surface area contributed by atoms with Gasteiger partial charge in [-0.2, -0.15) is 0 Å². The van der Waals surface area contributed by atoms with Gasteiger partial charge in [0.1, 0.15) is 0 Å². The maximum absolute atomic E-state index is 12.4. The molecule has 0 saturated heterocycles. The Hall–Kier alpha value is -1.51. The van der Waals surface area contributed by atoms with Gasteiger partial charge in [0, 0.05) is 25.3 Å². The van der Waals surface area contributed by atoms with Gasteiger partial charge < -0.3 is 9.80 Å². The summed E-state index contributed by atoms with van der Waals surface area (Å²) in [7, 11) is 1.95. The van der Waals surface area contributed by atoms with Crippen LogP contribution in [0.5, 0.6) is 0 Å². The summed E-state index contributed by atoms with van der Waals surface area (Å²) in [6.45, 7) is 3.81. The van der Waals surface area contributed by atoms with E-state index >= 15 is 0 Å². The van der Waals surface area contributed by atoms with Gasteiger partial charge in [-0.1, -0.05) is 25.1 Å². The van der Waals surface area contributed by atoms with E-state index in [0.29, 0.717) is 18.5 Å². The minimum Gasteiger partial charge on any atom is -0.362 e. The number of rotatable bonds is 3. The molecule has 1 saturated carbocycles. The van der Waals surface area contributed by atoms with Gasteiger partial charge in [-0.05, 0) is 43.2 Å². The second-order valence-corrected chi connectivity index (χ2v) is 6.26. The van der Waals surface area contributed by atoms with Gasteiger partial charge in [0.15, 0.2) is 0 Å². The van der Waals surface area contributed by atoms with Crippen molar-refractivity contribution in [2.45, 2.75) is 44.6 Å². The van der Waals surface area contributed by atoms with Crippen molar-refractivity contribution < 1.29 is 4.79 Å². The smallest absolute Gasteiger partial charge is 0.242 e. The van der Waals surface area contributed by atoms with Gasteiger partial charge in [0.05, 0.1) is 6.54 Å². The zero-order chi connectivity index (χ0) is 14.1. The molecule has 3 rings (SSSR count). The summed E-state index contributed by atoms with van der Waals surface area (Å²) in [5.74, 6) is 0.851. The fourth-order valence-corrected chi connectivity index (χ4v) is 3.16. The van der Waals surface area contributed by atoms with Gasteiger partial charge in [0.2, 0.25) is 5.91 Å². The minimum absolute atomic E-state index is 0.261. The summed E-state index contributed by atoms with van der Waals surface area (Å²) in [5.41, 5.74) is 2.65. The quantitative estimate of drug-likeness (QED) is 0.844. The largest absolute Gasteiger partial charge is 0.362 e. The number of carbonyl (C=O) groups is 1. The van der Waals surface area contributed by atoms with E-state index in [4.69, 9.17) is 0 Å².